The lowest BCUT2D eigenvalue weighted by Crippen LogP contribution is -2.51. The molecule has 1 aromatic heterocycles. The van der Waals surface area contributed by atoms with Crippen LogP contribution < -0.4 is 15.5 Å². The summed E-state index contributed by atoms with van der Waals surface area (Å²) in [5.74, 6) is -0.250. The Bertz CT molecular complexity index is 466. The zero-order valence-electron chi connectivity index (χ0n) is 9.68. The number of aromatic nitrogens is 2. The van der Waals surface area contributed by atoms with E-state index in [1.807, 2.05) is 0 Å². The van der Waals surface area contributed by atoms with E-state index in [-0.39, 0.29) is 30.9 Å². The van der Waals surface area contributed by atoms with Gasteiger partial charge in [-0.25, -0.2) is 0 Å². The van der Waals surface area contributed by atoms with E-state index in [0.717, 1.165) is 0 Å². The van der Waals surface area contributed by atoms with Gasteiger partial charge in [-0.2, -0.15) is 0 Å². The number of piperazine rings is 1. The third kappa shape index (κ3) is 2.48. The molecule has 2 heterocycles. The lowest BCUT2D eigenvalue weighted by atomic mass is 10.4. The van der Waals surface area contributed by atoms with E-state index in [2.05, 4.69) is 20.8 Å². The summed E-state index contributed by atoms with van der Waals surface area (Å²) in [7, 11) is 0. The highest BCUT2D eigenvalue weighted by molar-refractivity contribution is 6.02. The third-order valence-corrected chi connectivity index (χ3v) is 2.79. The van der Waals surface area contributed by atoms with Crippen molar-refractivity contribution >= 4 is 17.8 Å². The Labute approximate surface area is 103 Å². The van der Waals surface area contributed by atoms with Gasteiger partial charge in [0.05, 0.1) is 6.54 Å². The Hall–Kier alpha value is -1.96. The van der Waals surface area contributed by atoms with Crippen LogP contribution in [0, 0.1) is 0 Å². The second-order valence-corrected chi connectivity index (χ2v) is 4.46. The number of hydrogen-bond donors (Lipinski definition) is 2. The van der Waals surface area contributed by atoms with Gasteiger partial charge >= 0.3 is 6.01 Å². The SMILES string of the molecule is O=C1CN(c2nnc(CNC3CC3)o2)CC(=O)N1. The number of amides is 2. The molecule has 0 radical (unpaired) electrons. The fourth-order valence-corrected chi connectivity index (χ4v) is 1.74. The van der Waals surface area contributed by atoms with Gasteiger partial charge in [0.15, 0.2) is 0 Å². The summed E-state index contributed by atoms with van der Waals surface area (Å²) in [5.41, 5.74) is 0. The van der Waals surface area contributed by atoms with Gasteiger partial charge in [0.2, 0.25) is 17.7 Å². The van der Waals surface area contributed by atoms with Crippen molar-refractivity contribution in [2.45, 2.75) is 25.4 Å². The van der Waals surface area contributed by atoms with Crippen molar-refractivity contribution in [1.82, 2.24) is 20.8 Å². The highest BCUT2D eigenvalue weighted by atomic mass is 16.4. The summed E-state index contributed by atoms with van der Waals surface area (Å²) in [5, 5.41) is 13.2. The maximum Gasteiger partial charge on any atom is 0.319 e. The van der Waals surface area contributed by atoms with Gasteiger partial charge in [0.25, 0.3) is 0 Å². The Kier molecular flexibility index (Phi) is 2.71. The van der Waals surface area contributed by atoms with Crippen LogP contribution in [0.25, 0.3) is 0 Å². The van der Waals surface area contributed by atoms with E-state index in [4.69, 9.17) is 4.42 Å². The van der Waals surface area contributed by atoms with Crippen LogP contribution in [0.2, 0.25) is 0 Å². The monoisotopic (exact) mass is 251 g/mol. The minimum atomic E-state index is -0.359. The molecule has 1 aromatic rings. The Balaban J connectivity index is 1.63. The fourth-order valence-electron chi connectivity index (χ4n) is 1.74. The number of nitrogens with one attached hydrogen (secondary N) is 2. The number of rotatable bonds is 4. The molecule has 1 saturated heterocycles. The molecule has 1 aliphatic carbocycles. The second-order valence-electron chi connectivity index (χ2n) is 4.46. The Morgan fingerprint density at radius 2 is 2.00 bits per heavy atom. The fraction of sp³-hybridized carbons (Fsp3) is 0.600. The van der Waals surface area contributed by atoms with Gasteiger partial charge in [-0.15, -0.1) is 5.10 Å². The van der Waals surface area contributed by atoms with E-state index in [1.54, 1.807) is 0 Å². The summed E-state index contributed by atoms with van der Waals surface area (Å²) in [6.07, 6.45) is 2.36. The molecule has 2 aliphatic rings. The highest BCUT2D eigenvalue weighted by Gasteiger charge is 2.27. The van der Waals surface area contributed by atoms with Crippen molar-refractivity contribution in [3.63, 3.8) is 0 Å². The van der Waals surface area contributed by atoms with E-state index in [1.165, 1.54) is 17.7 Å². The third-order valence-electron chi connectivity index (χ3n) is 2.79. The summed E-state index contributed by atoms with van der Waals surface area (Å²) in [6.45, 7) is 0.637. The second kappa shape index (κ2) is 4.37. The molecule has 0 spiro atoms. The molecule has 0 atom stereocenters. The molecule has 0 bridgehead atoms. The molecule has 2 N–H and O–H groups in total. The van der Waals surface area contributed by atoms with Crippen LogP contribution in [0.5, 0.6) is 0 Å². The van der Waals surface area contributed by atoms with Crippen molar-refractivity contribution < 1.29 is 14.0 Å². The van der Waals surface area contributed by atoms with Crippen LogP contribution in [0.1, 0.15) is 18.7 Å². The molecule has 18 heavy (non-hydrogen) atoms. The van der Waals surface area contributed by atoms with Crippen molar-refractivity contribution in [1.29, 1.82) is 0 Å². The van der Waals surface area contributed by atoms with Gasteiger partial charge in [0.1, 0.15) is 13.1 Å². The zero-order chi connectivity index (χ0) is 12.5. The molecule has 0 aromatic carbocycles. The molecule has 1 aliphatic heterocycles. The number of imide groups is 1. The Morgan fingerprint density at radius 3 is 2.67 bits per heavy atom. The summed E-state index contributed by atoms with van der Waals surface area (Å²) < 4.78 is 5.41. The smallest absolute Gasteiger partial charge is 0.319 e. The highest BCUT2D eigenvalue weighted by Crippen LogP contribution is 2.19. The molecule has 0 unspecified atom stereocenters. The molecular weight excluding hydrogens is 238 g/mol. The molecule has 8 heteroatoms. The van der Waals surface area contributed by atoms with Crippen molar-refractivity contribution in [2.75, 3.05) is 18.0 Å². The lowest BCUT2D eigenvalue weighted by molar-refractivity contribution is -0.130. The van der Waals surface area contributed by atoms with Gasteiger partial charge in [0, 0.05) is 6.04 Å². The minimum Gasteiger partial charge on any atom is -0.407 e. The first-order valence-corrected chi connectivity index (χ1v) is 5.84. The van der Waals surface area contributed by atoms with Crippen LogP contribution in [0.4, 0.5) is 6.01 Å². The van der Waals surface area contributed by atoms with Crippen molar-refractivity contribution in [2.24, 2.45) is 0 Å². The van der Waals surface area contributed by atoms with Crippen LogP contribution >= 0.6 is 0 Å². The predicted octanol–water partition coefficient (Wildman–Crippen LogP) is -1.22. The van der Waals surface area contributed by atoms with E-state index in [9.17, 15) is 9.59 Å². The van der Waals surface area contributed by atoms with Crippen LogP contribution in [0.3, 0.4) is 0 Å². The minimum absolute atomic E-state index is 0.0590. The van der Waals surface area contributed by atoms with Crippen molar-refractivity contribution in [3.05, 3.63) is 5.89 Å². The van der Waals surface area contributed by atoms with Crippen LogP contribution in [-0.2, 0) is 16.1 Å². The zero-order valence-corrected chi connectivity index (χ0v) is 9.68. The van der Waals surface area contributed by atoms with Gasteiger partial charge in [-0.1, -0.05) is 5.10 Å². The molecule has 8 nitrogen and oxygen atoms in total. The molecule has 2 fully saturated rings. The average Bonchev–Trinajstić information content (AvgIpc) is 3.02. The first-order chi connectivity index (χ1) is 8.70. The predicted molar refractivity (Wildman–Crippen MR) is 59.5 cm³/mol. The number of nitrogens with zero attached hydrogens (tertiary/aromatic N) is 3. The summed E-state index contributed by atoms with van der Waals surface area (Å²) in [4.78, 5) is 23.9. The average molecular weight is 251 g/mol. The number of carbonyl (C=O) groups is 2. The standard InChI is InChI=1S/C10H13N5O3/c16-7-4-15(5-8(17)12-7)10-14-13-9(18-10)3-11-6-1-2-6/h6,11H,1-5H2,(H,12,16,17). The summed E-state index contributed by atoms with van der Waals surface area (Å²) in [6, 6.07) is 0.772. The molecule has 2 amide bonds. The van der Waals surface area contributed by atoms with E-state index < -0.39 is 0 Å². The van der Waals surface area contributed by atoms with Gasteiger partial charge in [-0.05, 0) is 12.8 Å². The molecule has 1 saturated carbocycles. The maximum absolute atomic E-state index is 11.2. The lowest BCUT2D eigenvalue weighted by Gasteiger charge is -2.22. The normalized spacial score (nSPS) is 20.1. The molecule has 96 valence electrons. The Morgan fingerprint density at radius 1 is 1.28 bits per heavy atom. The van der Waals surface area contributed by atoms with Crippen LogP contribution in [-0.4, -0.2) is 41.1 Å². The quantitative estimate of drug-likeness (QED) is 0.647. The number of anilines is 1. The number of carbonyl (C=O) groups excluding carboxylic acids is 2. The topological polar surface area (TPSA) is 100 Å². The van der Waals surface area contributed by atoms with Crippen LogP contribution in [0.15, 0.2) is 4.42 Å². The first kappa shape index (κ1) is 11.1. The maximum atomic E-state index is 11.2. The summed E-state index contributed by atoms with van der Waals surface area (Å²) >= 11 is 0. The van der Waals surface area contributed by atoms with Crippen molar-refractivity contribution in [3.8, 4) is 0 Å². The van der Waals surface area contributed by atoms with Gasteiger partial charge < -0.3 is 14.6 Å². The van der Waals surface area contributed by atoms with E-state index in [0.29, 0.717) is 18.5 Å². The first-order valence-electron chi connectivity index (χ1n) is 5.84. The van der Waals surface area contributed by atoms with Gasteiger partial charge in [-0.3, -0.25) is 14.9 Å². The molecular formula is C10H13N5O3. The molecule has 3 rings (SSSR count). The number of hydrogen-bond acceptors (Lipinski definition) is 7. The van der Waals surface area contributed by atoms with E-state index >= 15 is 0 Å². The largest absolute Gasteiger partial charge is 0.407 e.